The molecule has 0 aliphatic carbocycles. The van der Waals surface area contributed by atoms with E-state index in [4.69, 9.17) is 9.47 Å². The Morgan fingerprint density at radius 2 is 1.78 bits per heavy atom. The van der Waals surface area contributed by atoms with Crippen molar-refractivity contribution >= 4 is 11.9 Å². The number of carbonyl (C=O) groups is 2. The Morgan fingerprint density at radius 1 is 1.07 bits per heavy atom. The lowest BCUT2D eigenvalue weighted by Gasteiger charge is -2.17. The lowest BCUT2D eigenvalue weighted by molar-refractivity contribution is -0.139. The Balaban J connectivity index is 1.90. The van der Waals surface area contributed by atoms with Crippen LogP contribution >= 0.6 is 0 Å². The van der Waals surface area contributed by atoms with E-state index in [1.165, 1.54) is 0 Å². The number of hydrogen-bond donors (Lipinski definition) is 2. The maximum atomic E-state index is 12.7. The summed E-state index contributed by atoms with van der Waals surface area (Å²) in [6, 6.07) is 11.5. The summed E-state index contributed by atoms with van der Waals surface area (Å²) in [5, 5.41) is 12.2. The molecule has 0 unspecified atom stereocenters. The summed E-state index contributed by atoms with van der Waals surface area (Å²) in [5.41, 5.74) is 1.98. The monoisotopic (exact) mass is 369 g/mol. The summed E-state index contributed by atoms with van der Waals surface area (Å²) in [4.78, 5) is 24.4. The van der Waals surface area contributed by atoms with Crippen LogP contribution in [0.5, 0.6) is 11.5 Å². The Hall–Kier alpha value is -3.02. The highest BCUT2D eigenvalue weighted by molar-refractivity contribution is 5.98. The van der Waals surface area contributed by atoms with E-state index < -0.39 is 17.9 Å². The number of amides is 1. The first-order valence-corrected chi connectivity index (χ1v) is 9.02. The van der Waals surface area contributed by atoms with Gasteiger partial charge >= 0.3 is 5.97 Å². The molecular formula is C21H23NO5. The van der Waals surface area contributed by atoms with Crippen LogP contribution in [-0.4, -0.2) is 36.2 Å². The fraction of sp³-hybridized carbons (Fsp3) is 0.333. The molecule has 27 heavy (non-hydrogen) atoms. The number of fused-ring (bicyclic) bond motifs is 4. The van der Waals surface area contributed by atoms with Crippen molar-refractivity contribution in [3.05, 3.63) is 59.2 Å². The molecule has 1 heterocycles. The molecule has 0 radical (unpaired) electrons. The Kier molecular flexibility index (Phi) is 5.96. The van der Waals surface area contributed by atoms with Gasteiger partial charge in [-0.2, -0.15) is 0 Å². The standard InChI is InChI=1S/C21H23NO5/c1-14-7-8-17-13-18(14)20(23)22-19(21(24)25)12-15-5-4-6-16(11-15)26-9-2-3-10-27-17/h4-8,11,13,19H,2-3,9-10,12H2,1H3,(H,22,23)(H,24,25)/t19-/m0/s1. The largest absolute Gasteiger partial charge is 0.494 e. The van der Waals surface area contributed by atoms with Gasteiger partial charge in [-0.05, 0) is 55.2 Å². The van der Waals surface area contributed by atoms with Crippen molar-refractivity contribution in [3.63, 3.8) is 0 Å². The second-order valence-corrected chi connectivity index (χ2v) is 6.60. The van der Waals surface area contributed by atoms with Gasteiger partial charge in [0.25, 0.3) is 5.91 Å². The zero-order valence-corrected chi connectivity index (χ0v) is 15.2. The lowest BCUT2D eigenvalue weighted by atomic mass is 10.0. The van der Waals surface area contributed by atoms with Crippen LogP contribution < -0.4 is 14.8 Å². The van der Waals surface area contributed by atoms with Gasteiger partial charge in [-0.3, -0.25) is 4.79 Å². The molecule has 142 valence electrons. The van der Waals surface area contributed by atoms with Crippen molar-refractivity contribution in [1.29, 1.82) is 0 Å². The SMILES string of the molecule is Cc1ccc2cc1C(=O)N[C@H](C(=O)O)Cc1cccc(c1)OCCCCO2. The molecule has 2 aromatic carbocycles. The third kappa shape index (κ3) is 5.00. The molecule has 3 rings (SSSR count). The minimum Gasteiger partial charge on any atom is -0.494 e. The number of rotatable bonds is 1. The van der Waals surface area contributed by atoms with Gasteiger partial charge in [0.1, 0.15) is 17.5 Å². The first kappa shape index (κ1) is 18.8. The van der Waals surface area contributed by atoms with E-state index in [9.17, 15) is 14.7 Å². The zero-order chi connectivity index (χ0) is 19.2. The summed E-state index contributed by atoms with van der Waals surface area (Å²) in [6.45, 7) is 2.89. The number of carbonyl (C=O) groups excluding carboxylic acids is 1. The van der Waals surface area contributed by atoms with Crippen molar-refractivity contribution < 1.29 is 24.2 Å². The van der Waals surface area contributed by atoms with Gasteiger partial charge in [0, 0.05) is 12.0 Å². The van der Waals surface area contributed by atoms with Crippen molar-refractivity contribution in [2.45, 2.75) is 32.2 Å². The number of aliphatic carboxylic acids is 1. The third-order valence-corrected chi connectivity index (χ3v) is 4.47. The van der Waals surface area contributed by atoms with E-state index in [1.54, 1.807) is 12.1 Å². The number of carboxylic acids is 1. The minimum atomic E-state index is -1.08. The first-order chi connectivity index (χ1) is 13.0. The van der Waals surface area contributed by atoms with Crippen LogP contribution in [0, 0.1) is 6.92 Å². The molecular weight excluding hydrogens is 346 g/mol. The average Bonchev–Trinajstić information content (AvgIpc) is 2.64. The molecule has 4 bridgehead atoms. The topological polar surface area (TPSA) is 84.9 Å². The lowest BCUT2D eigenvalue weighted by Crippen LogP contribution is -2.42. The normalized spacial score (nSPS) is 18.0. The first-order valence-electron chi connectivity index (χ1n) is 9.02. The van der Waals surface area contributed by atoms with Crippen molar-refractivity contribution in [2.24, 2.45) is 0 Å². The van der Waals surface area contributed by atoms with E-state index in [0.717, 1.165) is 24.0 Å². The number of nitrogens with one attached hydrogen (secondary N) is 1. The molecule has 1 aliphatic heterocycles. The van der Waals surface area contributed by atoms with Crippen LogP contribution in [0.25, 0.3) is 0 Å². The molecule has 1 atom stereocenters. The Morgan fingerprint density at radius 3 is 2.48 bits per heavy atom. The maximum Gasteiger partial charge on any atom is 0.326 e. The van der Waals surface area contributed by atoms with E-state index >= 15 is 0 Å². The van der Waals surface area contributed by atoms with E-state index in [1.807, 2.05) is 37.3 Å². The molecule has 6 nitrogen and oxygen atoms in total. The van der Waals surface area contributed by atoms with Gasteiger partial charge < -0.3 is 19.9 Å². The van der Waals surface area contributed by atoms with Crippen LogP contribution in [0.4, 0.5) is 0 Å². The summed E-state index contributed by atoms with van der Waals surface area (Å²) >= 11 is 0. The number of carboxylic acid groups (broad SMARTS) is 1. The molecule has 0 saturated carbocycles. The summed E-state index contributed by atoms with van der Waals surface area (Å²) in [6.07, 6.45) is 1.84. The fourth-order valence-corrected chi connectivity index (χ4v) is 2.95. The highest BCUT2D eigenvalue weighted by Crippen LogP contribution is 2.20. The van der Waals surface area contributed by atoms with Crippen LogP contribution in [0.2, 0.25) is 0 Å². The second-order valence-electron chi connectivity index (χ2n) is 6.60. The highest BCUT2D eigenvalue weighted by Gasteiger charge is 2.22. The van der Waals surface area contributed by atoms with Gasteiger partial charge in [0.15, 0.2) is 0 Å². The van der Waals surface area contributed by atoms with E-state index in [2.05, 4.69) is 5.32 Å². The number of aryl methyl sites for hydroxylation is 1. The maximum absolute atomic E-state index is 12.7. The van der Waals surface area contributed by atoms with Gasteiger partial charge in [0.2, 0.25) is 0 Å². The Labute approximate surface area is 158 Å². The molecule has 0 aromatic heterocycles. The van der Waals surface area contributed by atoms with Gasteiger partial charge in [-0.25, -0.2) is 4.79 Å². The van der Waals surface area contributed by atoms with Crippen molar-refractivity contribution in [2.75, 3.05) is 13.2 Å². The van der Waals surface area contributed by atoms with Gasteiger partial charge in [0.05, 0.1) is 13.2 Å². The predicted molar refractivity (Wildman–Crippen MR) is 100 cm³/mol. The van der Waals surface area contributed by atoms with Crippen LogP contribution in [0.15, 0.2) is 42.5 Å². The van der Waals surface area contributed by atoms with E-state index in [0.29, 0.717) is 30.3 Å². The predicted octanol–water partition coefficient (Wildman–Crippen LogP) is 2.97. The minimum absolute atomic E-state index is 0.174. The van der Waals surface area contributed by atoms with Gasteiger partial charge in [-0.15, -0.1) is 0 Å². The van der Waals surface area contributed by atoms with Crippen LogP contribution in [0.1, 0.15) is 34.3 Å². The number of hydrogen-bond acceptors (Lipinski definition) is 4. The molecule has 1 aliphatic rings. The summed E-state index contributed by atoms with van der Waals surface area (Å²) in [7, 11) is 0. The molecule has 0 saturated heterocycles. The van der Waals surface area contributed by atoms with Crippen LogP contribution in [-0.2, 0) is 11.2 Å². The fourth-order valence-electron chi connectivity index (χ4n) is 2.95. The van der Waals surface area contributed by atoms with Crippen LogP contribution in [0.3, 0.4) is 0 Å². The quantitative estimate of drug-likeness (QED) is 0.807. The molecule has 0 spiro atoms. The third-order valence-electron chi connectivity index (χ3n) is 4.47. The molecule has 2 N–H and O–H groups in total. The number of ether oxygens (including phenoxy) is 2. The van der Waals surface area contributed by atoms with Crippen molar-refractivity contribution in [1.82, 2.24) is 5.32 Å². The Bertz CT molecular complexity index is 833. The smallest absolute Gasteiger partial charge is 0.326 e. The number of benzene rings is 2. The van der Waals surface area contributed by atoms with E-state index in [-0.39, 0.29) is 6.42 Å². The molecule has 2 aromatic rings. The summed E-state index contributed by atoms with van der Waals surface area (Å²) in [5.74, 6) is -0.224. The molecule has 1 amide bonds. The highest BCUT2D eigenvalue weighted by atomic mass is 16.5. The second kappa shape index (κ2) is 8.58. The molecule has 6 heteroatoms. The van der Waals surface area contributed by atoms with Gasteiger partial charge in [-0.1, -0.05) is 18.2 Å². The average molecular weight is 369 g/mol. The zero-order valence-electron chi connectivity index (χ0n) is 15.2. The van der Waals surface area contributed by atoms with Crippen molar-refractivity contribution in [3.8, 4) is 11.5 Å². The summed E-state index contributed by atoms with van der Waals surface area (Å²) < 4.78 is 11.4. The molecule has 0 fully saturated rings.